The van der Waals surface area contributed by atoms with Gasteiger partial charge in [0.2, 0.25) is 5.91 Å². The third kappa shape index (κ3) is 20.6. The first-order valence-corrected chi connectivity index (χ1v) is 31.5. The summed E-state index contributed by atoms with van der Waals surface area (Å²) in [7, 11) is 1.39. The van der Waals surface area contributed by atoms with E-state index in [0.717, 1.165) is 65.5 Å². The van der Waals surface area contributed by atoms with Crippen LogP contribution in [0.2, 0.25) is 0 Å². The van der Waals surface area contributed by atoms with Crippen LogP contribution in [0.5, 0.6) is 0 Å². The number of hydrogen-bond acceptors (Lipinski definition) is 17. The molecule has 3 saturated heterocycles. The van der Waals surface area contributed by atoms with Crippen LogP contribution in [-0.4, -0.2) is 141 Å². The van der Waals surface area contributed by atoms with Gasteiger partial charge in [0.25, 0.3) is 0 Å². The number of carbonyl (C=O) groups excluding carboxylic acids is 2. The molecule has 18 heteroatoms. The third-order valence-electron chi connectivity index (χ3n) is 16.2. The normalized spacial score (nSPS) is 26.8. The van der Waals surface area contributed by atoms with Gasteiger partial charge in [0, 0.05) is 20.0 Å². The molecule has 90 heavy (non-hydrogen) atoms. The number of rotatable bonds is 35. The Bertz CT molecular complexity index is 2940. The van der Waals surface area contributed by atoms with Crippen molar-refractivity contribution in [3.05, 3.63) is 215 Å². The van der Waals surface area contributed by atoms with Crippen molar-refractivity contribution in [2.75, 3.05) is 26.9 Å². The van der Waals surface area contributed by atoms with Crippen molar-refractivity contribution in [2.24, 2.45) is 0 Å². The number of benzene rings is 6. The smallest absolute Gasteiger partial charge is 0.305 e. The minimum Gasteiger partial charge on any atom is -0.469 e. The summed E-state index contributed by atoms with van der Waals surface area (Å²) in [6.45, 7) is 3.87. The fourth-order valence-corrected chi connectivity index (χ4v) is 11.5. The maximum Gasteiger partial charge on any atom is 0.305 e. The second kappa shape index (κ2) is 36.7. The molecule has 1 amide bonds. The second-order valence-corrected chi connectivity index (χ2v) is 23.0. The van der Waals surface area contributed by atoms with E-state index < -0.39 is 105 Å². The Morgan fingerprint density at radius 2 is 0.844 bits per heavy atom. The largest absolute Gasteiger partial charge is 0.469 e. The summed E-state index contributed by atoms with van der Waals surface area (Å²) in [5.74, 6) is -0.677. The molecule has 3 aliphatic heterocycles. The summed E-state index contributed by atoms with van der Waals surface area (Å²) in [6.07, 6.45) is -10.3. The van der Waals surface area contributed by atoms with E-state index in [2.05, 4.69) is 5.32 Å². The first kappa shape index (κ1) is 68.1. The van der Waals surface area contributed by atoms with E-state index in [9.17, 15) is 19.8 Å². The molecule has 3 fully saturated rings. The third-order valence-corrected chi connectivity index (χ3v) is 16.2. The number of aliphatic hydroxyl groups excluding tert-OH is 2. The van der Waals surface area contributed by atoms with Gasteiger partial charge in [-0.05, 0) is 53.1 Å². The molecule has 0 aromatic heterocycles. The van der Waals surface area contributed by atoms with Gasteiger partial charge in [-0.15, -0.1) is 0 Å². The van der Waals surface area contributed by atoms with Gasteiger partial charge < -0.3 is 77.1 Å². The van der Waals surface area contributed by atoms with Crippen molar-refractivity contribution in [2.45, 2.75) is 190 Å². The van der Waals surface area contributed by atoms with Gasteiger partial charge >= 0.3 is 5.97 Å². The van der Waals surface area contributed by atoms with Crippen molar-refractivity contribution >= 4 is 11.9 Å². The fraction of sp³-hybridized carbons (Fsp3) is 0.472. The Labute approximate surface area is 529 Å². The predicted molar refractivity (Wildman–Crippen MR) is 334 cm³/mol. The predicted octanol–water partition coefficient (Wildman–Crippen LogP) is 9.87. The summed E-state index contributed by atoms with van der Waals surface area (Å²) < 4.78 is 88.5. The molecule has 15 atom stereocenters. The molecule has 0 bridgehead atoms. The molecule has 3 aliphatic rings. The maximum absolute atomic E-state index is 13.4. The minimum atomic E-state index is -1.56. The Morgan fingerprint density at radius 3 is 1.32 bits per heavy atom. The number of ether oxygens (including phenoxy) is 13. The van der Waals surface area contributed by atoms with E-state index in [-0.39, 0.29) is 58.8 Å². The lowest BCUT2D eigenvalue weighted by atomic mass is 9.94. The van der Waals surface area contributed by atoms with Crippen LogP contribution < -0.4 is 5.32 Å². The van der Waals surface area contributed by atoms with E-state index in [1.165, 1.54) is 14.0 Å². The van der Waals surface area contributed by atoms with Gasteiger partial charge in [-0.3, -0.25) is 9.59 Å². The molecule has 3 heterocycles. The lowest BCUT2D eigenvalue weighted by Crippen LogP contribution is -2.69. The zero-order valence-electron chi connectivity index (χ0n) is 51.8. The van der Waals surface area contributed by atoms with Crippen LogP contribution in [0.3, 0.4) is 0 Å². The van der Waals surface area contributed by atoms with Crippen molar-refractivity contribution in [3.63, 3.8) is 0 Å². The van der Waals surface area contributed by atoms with Crippen molar-refractivity contribution in [1.29, 1.82) is 0 Å². The summed E-state index contributed by atoms with van der Waals surface area (Å²) in [5, 5.41) is 26.3. The summed E-state index contributed by atoms with van der Waals surface area (Å²) >= 11 is 0. The van der Waals surface area contributed by atoms with E-state index in [1.54, 1.807) is 0 Å². The molecule has 9 rings (SSSR count). The molecule has 18 nitrogen and oxygen atoms in total. The zero-order valence-corrected chi connectivity index (χ0v) is 51.8. The van der Waals surface area contributed by atoms with Gasteiger partial charge in [0.05, 0.1) is 66.1 Å². The van der Waals surface area contributed by atoms with Crippen LogP contribution >= 0.6 is 0 Å². The van der Waals surface area contributed by atoms with E-state index >= 15 is 0 Å². The van der Waals surface area contributed by atoms with Crippen LogP contribution in [0, 0.1) is 0 Å². The molecule has 0 saturated carbocycles. The van der Waals surface area contributed by atoms with Crippen molar-refractivity contribution in [3.8, 4) is 0 Å². The lowest BCUT2D eigenvalue weighted by molar-refractivity contribution is -0.393. The lowest BCUT2D eigenvalue weighted by Gasteiger charge is -2.51. The SMILES string of the molecule is COC(=O)CCCCCCCCO[C@@H]1O[C@H](CO)[C@@H](O)[C@H](O[C@H]2O[C@H](COCc3ccccc3)[C@H](OCc3ccccc3)[C@H](OCc3ccccc3)[C@H]2O[C@@H]2O[C@@H](C)[C@@H](OCc3ccccc3)[C@@H](OCc3ccccc3)[C@@H]2OCc2ccccc2)[C@H]1NC(C)=O. The number of esters is 1. The standard InChI is InChI=1S/C72H89NO17/c1-50-63(81-44-53-30-16-9-17-31-53)66(83-46-55-34-20-11-21-35-55)68(85-48-57-38-24-13-25-39-57)71(86-50)90-69-67(84-47-56-36-22-12-23-37-56)64(82-45-54-32-18-10-19-33-54)59(49-79-43-52-28-14-8-15-29-52)88-72(69)89-65-61(73-51(2)75)70(87-58(42-74)62(65)77)80-41-27-7-5-4-6-26-40-60(76)78-3/h8-25,28-39,50,58-59,61-72,74,77H,4-7,26-27,40-49H2,1-3H3,(H,73,75)/t50-,58+,59+,61+,62+,63+,64-,65+,66+,67-,68-,69+,70+,71-,72+/m0/s1. The van der Waals surface area contributed by atoms with Crippen LogP contribution in [0.15, 0.2) is 182 Å². The molecule has 0 spiro atoms. The van der Waals surface area contributed by atoms with Gasteiger partial charge in [0.1, 0.15) is 67.1 Å². The van der Waals surface area contributed by atoms with Crippen molar-refractivity contribution < 1.29 is 81.4 Å². The second-order valence-electron chi connectivity index (χ2n) is 23.0. The van der Waals surface area contributed by atoms with Gasteiger partial charge in [-0.1, -0.05) is 208 Å². The van der Waals surface area contributed by atoms with Crippen LogP contribution in [0.4, 0.5) is 0 Å². The molecular formula is C72H89NO17. The first-order chi connectivity index (χ1) is 44.1. The van der Waals surface area contributed by atoms with E-state index in [1.807, 2.05) is 189 Å². The molecule has 3 N–H and O–H groups in total. The molecule has 484 valence electrons. The molecule has 0 aliphatic carbocycles. The van der Waals surface area contributed by atoms with Crippen LogP contribution in [0.1, 0.15) is 92.2 Å². The highest BCUT2D eigenvalue weighted by Gasteiger charge is 2.57. The molecule has 0 radical (unpaired) electrons. The van der Waals surface area contributed by atoms with Crippen molar-refractivity contribution in [1.82, 2.24) is 5.32 Å². The number of amides is 1. The number of unbranched alkanes of at least 4 members (excludes halogenated alkanes) is 5. The number of aliphatic hydroxyl groups is 2. The summed E-state index contributed by atoms with van der Waals surface area (Å²) in [6, 6.07) is 57.7. The Balaban J connectivity index is 1.11. The van der Waals surface area contributed by atoms with Crippen LogP contribution in [-0.2, 0) is 111 Å². The van der Waals surface area contributed by atoms with E-state index in [4.69, 9.17) is 61.6 Å². The molecular weight excluding hydrogens is 1150 g/mol. The Morgan fingerprint density at radius 1 is 0.444 bits per heavy atom. The zero-order chi connectivity index (χ0) is 62.7. The van der Waals surface area contributed by atoms with E-state index in [0.29, 0.717) is 12.8 Å². The van der Waals surface area contributed by atoms with Gasteiger partial charge in [-0.2, -0.15) is 0 Å². The average Bonchev–Trinajstić information content (AvgIpc) is 0.836. The van der Waals surface area contributed by atoms with Gasteiger partial charge in [-0.25, -0.2) is 0 Å². The molecule has 6 aromatic rings. The topological polar surface area (TPSA) is 207 Å². The number of nitrogens with one attached hydrogen (secondary N) is 1. The molecule has 0 unspecified atom stereocenters. The molecule has 6 aromatic carbocycles. The summed E-state index contributed by atoms with van der Waals surface area (Å²) in [4.78, 5) is 25.0. The minimum absolute atomic E-state index is 0.0243. The first-order valence-electron chi connectivity index (χ1n) is 31.5. The number of carbonyl (C=O) groups is 2. The quantitative estimate of drug-likeness (QED) is 0.0250. The highest BCUT2D eigenvalue weighted by molar-refractivity contribution is 5.73. The Kier molecular flexibility index (Phi) is 27.7. The average molecular weight is 1240 g/mol. The summed E-state index contributed by atoms with van der Waals surface area (Å²) in [5.41, 5.74) is 5.44. The highest BCUT2D eigenvalue weighted by atomic mass is 16.8. The monoisotopic (exact) mass is 1240 g/mol. The number of methoxy groups -OCH3 is 1. The van der Waals surface area contributed by atoms with Gasteiger partial charge in [0.15, 0.2) is 18.9 Å². The highest BCUT2D eigenvalue weighted by Crippen LogP contribution is 2.39. The fourth-order valence-electron chi connectivity index (χ4n) is 11.5. The maximum atomic E-state index is 13.4. The number of hydrogen-bond donors (Lipinski definition) is 3. The Hall–Kier alpha value is -6.30. The van der Waals surface area contributed by atoms with Crippen LogP contribution in [0.25, 0.3) is 0 Å².